The molecule has 0 fully saturated rings. The van der Waals surface area contributed by atoms with Gasteiger partial charge < -0.3 is 28.1 Å². The fourth-order valence-electron chi connectivity index (χ4n) is 2.01. The summed E-state index contributed by atoms with van der Waals surface area (Å²) >= 11 is 0. The predicted molar refractivity (Wildman–Crippen MR) is 85.9 cm³/mol. The van der Waals surface area contributed by atoms with Crippen molar-refractivity contribution in [2.24, 2.45) is 0 Å². The molecule has 0 aromatic rings. The van der Waals surface area contributed by atoms with Crippen molar-refractivity contribution in [1.29, 1.82) is 0 Å². The van der Waals surface area contributed by atoms with Gasteiger partial charge in [-0.15, -0.1) is 0 Å². The van der Waals surface area contributed by atoms with Gasteiger partial charge in [-0.3, -0.25) is 9.59 Å². The first-order valence-electron chi connectivity index (χ1n) is 7.69. The first-order valence-corrected chi connectivity index (χ1v) is 9.62. The molecule has 1 N–H and O–H groups in total. The Bertz CT molecular complexity index is 342. The molecular formula is C14H29NO7Si. The second-order valence-electron chi connectivity index (χ2n) is 4.67. The number of hydrogen-bond acceptors (Lipinski definition) is 8. The van der Waals surface area contributed by atoms with Gasteiger partial charge in [-0.05, 0) is 26.8 Å². The van der Waals surface area contributed by atoms with Gasteiger partial charge in [0.2, 0.25) is 0 Å². The van der Waals surface area contributed by atoms with Gasteiger partial charge >= 0.3 is 20.7 Å². The molecule has 0 aromatic heterocycles. The van der Waals surface area contributed by atoms with Crippen molar-refractivity contribution < 1.29 is 32.3 Å². The summed E-state index contributed by atoms with van der Waals surface area (Å²) in [7, 11) is 2.03. The van der Waals surface area contributed by atoms with Crippen molar-refractivity contribution in [3.63, 3.8) is 0 Å². The van der Waals surface area contributed by atoms with E-state index in [9.17, 15) is 9.59 Å². The zero-order chi connectivity index (χ0) is 17.7. The highest BCUT2D eigenvalue weighted by Gasteiger charge is 2.37. The van der Waals surface area contributed by atoms with Crippen LogP contribution in [0.4, 0.5) is 0 Å². The molecule has 0 saturated heterocycles. The van der Waals surface area contributed by atoms with Crippen molar-refractivity contribution in [3.05, 3.63) is 0 Å². The largest absolute Gasteiger partial charge is 0.500 e. The van der Waals surface area contributed by atoms with Crippen LogP contribution >= 0.6 is 0 Å². The summed E-state index contributed by atoms with van der Waals surface area (Å²) in [4.78, 5) is 23.5. The van der Waals surface area contributed by atoms with Crippen LogP contribution in [-0.4, -0.2) is 67.9 Å². The van der Waals surface area contributed by atoms with Gasteiger partial charge in [0, 0.05) is 27.4 Å². The molecule has 0 unspecified atom stereocenters. The summed E-state index contributed by atoms with van der Waals surface area (Å²) in [6.45, 7) is 4.46. The van der Waals surface area contributed by atoms with Crippen LogP contribution in [0.1, 0.15) is 26.7 Å². The van der Waals surface area contributed by atoms with Gasteiger partial charge in [0.05, 0.1) is 19.6 Å². The van der Waals surface area contributed by atoms with E-state index in [1.165, 1.54) is 0 Å². The summed E-state index contributed by atoms with van der Waals surface area (Å²) < 4.78 is 25.8. The molecule has 0 spiro atoms. The fourth-order valence-corrected chi connectivity index (χ4v) is 3.73. The van der Waals surface area contributed by atoms with Crippen molar-refractivity contribution in [2.45, 2.75) is 38.8 Å². The third kappa shape index (κ3) is 8.42. The SMILES string of the molecule is CCOC(=O)C[C@H](NCCC[Si](OC)(OC)OC)C(=O)OCC. The molecule has 0 heterocycles. The molecule has 0 amide bonds. The van der Waals surface area contributed by atoms with Crippen LogP contribution in [0.15, 0.2) is 0 Å². The third-order valence-electron chi connectivity index (χ3n) is 3.23. The molecule has 0 bridgehead atoms. The maximum atomic E-state index is 11.9. The smallest absolute Gasteiger partial charge is 0.466 e. The number of carbonyl (C=O) groups is 2. The lowest BCUT2D eigenvalue weighted by Gasteiger charge is -2.24. The van der Waals surface area contributed by atoms with Crippen LogP contribution in [0.25, 0.3) is 0 Å². The molecule has 136 valence electrons. The lowest BCUT2D eigenvalue weighted by atomic mass is 10.2. The summed E-state index contributed by atoms with van der Waals surface area (Å²) in [5, 5.41) is 3.02. The normalized spacial score (nSPS) is 12.7. The summed E-state index contributed by atoms with van der Waals surface area (Å²) in [6, 6.07) is -0.129. The van der Waals surface area contributed by atoms with E-state index < -0.39 is 26.8 Å². The minimum absolute atomic E-state index is 0.0614. The summed E-state index contributed by atoms with van der Waals surface area (Å²) in [5.74, 6) is -0.901. The van der Waals surface area contributed by atoms with Crippen molar-refractivity contribution in [3.8, 4) is 0 Å². The number of ether oxygens (including phenoxy) is 2. The Balaban J connectivity index is 4.43. The van der Waals surface area contributed by atoms with E-state index in [-0.39, 0.29) is 19.6 Å². The Kier molecular flexibility index (Phi) is 11.9. The van der Waals surface area contributed by atoms with Crippen LogP contribution in [0.2, 0.25) is 6.04 Å². The fraction of sp³-hybridized carbons (Fsp3) is 0.857. The minimum atomic E-state index is -2.62. The molecule has 23 heavy (non-hydrogen) atoms. The van der Waals surface area contributed by atoms with Crippen LogP contribution in [0, 0.1) is 0 Å². The molecule has 0 saturated carbocycles. The Morgan fingerprint density at radius 3 is 2.04 bits per heavy atom. The molecule has 8 nitrogen and oxygen atoms in total. The lowest BCUT2D eigenvalue weighted by Crippen LogP contribution is -2.44. The number of hydrogen-bond donors (Lipinski definition) is 1. The molecule has 0 aliphatic heterocycles. The van der Waals surface area contributed by atoms with Gasteiger partial charge in [0.1, 0.15) is 6.04 Å². The molecular weight excluding hydrogens is 322 g/mol. The summed E-state index contributed by atoms with van der Waals surface area (Å²) in [5.41, 5.74) is 0. The van der Waals surface area contributed by atoms with Crippen LogP contribution in [-0.2, 0) is 32.3 Å². The van der Waals surface area contributed by atoms with E-state index in [2.05, 4.69) is 5.32 Å². The van der Waals surface area contributed by atoms with Gasteiger partial charge in [-0.1, -0.05) is 0 Å². The molecule has 0 aliphatic carbocycles. The molecule has 1 atom stereocenters. The number of carbonyl (C=O) groups excluding carboxylic acids is 2. The van der Waals surface area contributed by atoms with E-state index in [1.54, 1.807) is 35.2 Å². The van der Waals surface area contributed by atoms with Crippen molar-refractivity contribution >= 4 is 20.7 Å². The average molecular weight is 351 g/mol. The van der Waals surface area contributed by atoms with E-state index in [4.69, 9.17) is 22.8 Å². The average Bonchev–Trinajstić information content (AvgIpc) is 2.55. The zero-order valence-corrected chi connectivity index (χ0v) is 15.7. The Morgan fingerprint density at radius 1 is 1.00 bits per heavy atom. The highest BCUT2D eigenvalue weighted by Crippen LogP contribution is 2.14. The second-order valence-corrected chi connectivity index (χ2v) is 7.76. The Labute approximate surface area is 139 Å². The van der Waals surface area contributed by atoms with Crippen LogP contribution in [0.5, 0.6) is 0 Å². The van der Waals surface area contributed by atoms with Crippen molar-refractivity contribution in [1.82, 2.24) is 5.32 Å². The third-order valence-corrected chi connectivity index (χ3v) is 6.06. The number of nitrogens with one attached hydrogen (secondary N) is 1. The van der Waals surface area contributed by atoms with Gasteiger partial charge in [-0.2, -0.15) is 0 Å². The second kappa shape index (κ2) is 12.4. The first kappa shape index (κ1) is 22.0. The van der Waals surface area contributed by atoms with Crippen molar-refractivity contribution in [2.75, 3.05) is 41.1 Å². The lowest BCUT2D eigenvalue weighted by molar-refractivity contribution is -0.152. The zero-order valence-electron chi connectivity index (χ0n) is 14.7. The predicted octanol–water partition coefficient (Wildman–Crippen LogP) is 0.729. The maximum absolute atomic E-state index is 11.9. The highest BCUT2D eigenvalue weighted by molar-refractivity contribution is 6.60. The van der Waals surface area contributed by atoms with Crippen LogP contribution < -0.4 is 5.32 Å². The molecule has 9 heteroatoms. The Hall–Kier alpha value is -1.00. The molecule has 0 radical (unpaired) electrons. The van der Waals surface area contributed by atoms with E-state index in [0.717, 1.165) is 0 Å². The minimum Gasteiger partial charge on any atom is -0.466 e. The standard InChI is InChI=1S/C14H29NO7Si/c1-6-21-13(16)11-12(14(17)22-7-2)15-9-8-10-23(18-3,19-4)20-5/h12,15H,6-11H2,1-5H3/t12-/m0/s1. The molecule has 0 aliphatic rings. The monoisotopic (exact) mass is 351 g/mol. The molecule has 0 aromatic carbocycles. The van der Waals surface area contributed by atoms with Gasteiger partial charge in [0.25, 0.3) is 0 Å². The number of esters is 2. The quantitative estimate of drug-likeness (QED) is 0.295. The maximum Gasteiger partial charge on any atom is 0.500 e. The van der Waals surface area contributed by atoms with E-state index >= 15 is 0 Å². The first-order chi connectivity index (χ1) is 11.0. The van der Waals surface area contributed by atoms with Crippen LogP contribution in [0.3, 0.4) is 0 Å². The number of rotatable bonds is 13. The van der Waals surface area contributed by atoms with E-state index in [1.807, 2.05) is 0 Å². The Morgan fingerprint density at radius 2 is 1.57 bits per heavy atom. The topological polar surface area (TPSA) is 92.3 Å². The highest BCUT2D eigenvalue weighted by atomic mass is 28.4. The van der Waals surface area contributed by atoms with Gasteiger partial charge in [-0.25, -0.2) is 0 Å². The molecule has 0 rings (SSSR count). The van der Waals surface area contributed by atoms with E-state index in [0.29, 0.717) is 19.0 Å². The summed E-state index contributed by atoms with van der Waals surface area (Å²) in [6.07, 6.45) is 0.606. The van der Waals surface area contributed by atoms with Gasteiger partial charge in [0.15, 0.2) is 0 Å².